The highest BCUT2D eigenvalue weighted by Crippen LogP contribution is 1.88. The van der Waals surface area contributed by atoms with Gasteiger partial charge in [-0.15, -0.1) is 10.9 Å². The van der Waals surface area contributed by atoms with Gasteiger partial charge in [0.15, 0.2) is 8.77 Å². The van der Waals surface area contributed by atoms with Gasteiger partial charge in [-0.25, -0.2) is 9.47 Å². The summed E-state index contributed by atoms with van der Waals surface area (Å²) in [6.07, 6.45) is 1.32. The molecule has 0 aliphatic carbocycles. The SMILES string of the molecule is C=CCS(=O)(=S)OO. The molecule has 0 radical (unpaired) electrons. The van der Waals surface area contributed by atoms with Crippen molar-refractivity contribution in [1.82, 2.24) is 0 Å². The van der Waals surface area contributed by atoms with Crippen molar-refractivity contribution in [3.63, 3.8) is 0 Å². The van der Waals surface area contributed by atoms with Crippen molar-refractivity contribution in [2.45, 2.75) is 0 Å². The van der Waals surface area contributed by atoms with Crippen LogP contribution in [0.2, 0.25) is 0 Å². The monoisotopic (exact) mass is 154 g/mol. The average molecular weight is 154 g/mol. The molecule has 0 aromatic heterocycles. The maximum absolute atomic E-state index is 10.4. The van der Waals surface area contributed by atoms with E-state index in [0.717, 1.165) is 0 Å². The molecule has 1 N–H and O–H groups in total. The zero-order valence-electron chi connectivity index (χ0n) is 4.07. The van der Waals surface area contributed by atoms with Gasteiger partial charge in [0.1, 0.15) is 0 Å². The predicted molar refractivity (Wildman–Crippen MR) is 34.3 cm³/mol. The second-order valence-electron chi connectivity index (χ2n) is 1.09. The zero-order chi connectivity index (χ0) is 6.62. The first-order chi connectivity index (χ1) is 3.62. The Balaban J connectivity index is 3.94. The zero-order valence-corrected chi connectivity index (χ0v) is 5.70. The highest BCUT2D eigenvalue weighted by molar-refractivity contribution is 8.30. The summed E-state index contributed by atoms with van der Waals surface area (Å²) in [6, 6.07) is 0. The van der Waals surface area contributed by atoms with Crippen LogP contribution in [0.4, 0.5) is 0 Å². The maximum atomic E-state index is 10.4. The third-order valence-electron chi connectivity index (χ3n) is 0.436. The first-order valence-corrected chi connectivity index (χ1v) is 4.37. The summed E-state index contributed by atoms with van der Waals surface area (Å²) in [5.41, 5.74) is 0. The molecule has 0 aromatic rings. The molecule has 1 atom stereocenters. The highest BCUT2D eigenvalue weighted by Gasteiger charge is 1.99. The fourth-order valence-electron chi connectivity index (χ4n) is 0.175. The quantitative estimate of drug-likeness (QED) is 0.361. The van der Waals surface area contributed by atoms with Gasteiger partial charge >= 0.3 is 0 Å². The van der Waals surface area contributed by atoms with Gasteiger partial charge in [-0.2, -0.15) is 0 Å². The van der Waals surface area contributed by atoms with Crippen LogP contribution in [-0.4, -0.2) is 15.2 Å². The topological polar surface area (TPSA) is 46.5 Å². The number of hydrogen-bond acceptors (Lipinski definition) is 4. The number of rotatable bonds is 3. The molecule has 0 aliphatic heterocycles. The fraction of sp³-hybridized carbons (Fsp3) is 0.333. The van der Waals surface area contributed by atoms with Crippen LogP contribution >= 0.6 is 0 Å². The Morgan fingerprint density at radius 3 is 2.62 bits per heavy atom. The minimum absolute atomic E-state index is 0.00116. The van der Waals surface area contributed by atoms with E-state index in [1.165, 1.54) is 6.08 Å². The van der Waals surface area contributed by atoms with Crippen LogP contribution in [0, 0.1) is 0 Å². The van der Waals surface area contributed by atoms with E-state index in [-0.39, 0.29) is 5.75 Å². The third-order valence-corrected chi connectivity index (χ3v) is 1.90. The van der Waals surface area contributed by atoms with Crippen molar-refractivity contribution >= 4 is 20.0 Å². The lowest BCUT2D eigenvalue weighted by Crippen LogP contribution is -2.03. The van der Waals surface area contributed by atoms with Crippen LogP contribution in [0.5, 0.6) is 0 Å². The van der Waals surface area contributed by atoms with Gasteiger partial charge in [0.25, 0.3) is 0 Å². The van der Waals surface area contributed by atoms with Gasteiger partial charge in [-0.05, 0) is 0 Å². The Bertz CT molecular complexity index is 157. The molecule has 0 saturated heterocycles. The summed E-state index contributed by atoms with van der Waals surface area (Å²) in [6.45, 7) is 3.26. The summed E-state index contributed by atoms with van der Waals surface area (Å²) in [5, 5.41) is 7.80. The van der Waals surface area contributed by atoms with Gasteiger partial charge in [-0.3, -0.25) is 0 Å². The van der Waals surface area contributed by atoms with Crippen molar-refractivity contribution in [3.05, 3.63) is 12.7 Å². The molecule has 0 amide bonds. The molecule has 0 bridgehead atoms. The molecule has 8 heavy (non-hydrogen) atoms. The molecule has 3 nitrogen and oxygen atoms in total. The van der Waals surface area contributed by atoms with Gasteiger partial charge in [0, 0.05) is 11.2 Å². The van der Waals surface area contributed by atoms with Gasteiger partial charge in [0.2, 0.25) is 0 Å². The van der Waals surface area contributed by atoms with Crippen LogP contribution in [0.15, 0.2) is 12.7 Å². The van der Waals surface area contributed by atoms with Crippen LogP contribution < -0.4 is 0 Å². The summed E-state index contributed by atoms with van der Waals surface area (Å²) < 4.78 is 13.9. The van der Waals surface area contributed by atoms with E-state index in [4.69, 9.17) is 5.26 Å². The van der Waals surface area contributed by atoms with E-state index in [9.17, 15) is 4.21 Å². The Morgan fingerprint density at radius 2 is 2.50 bits per heavy atom. The van der Waals surface area contributed by atoms with E-state index in [2.05, 4.69) is 22.1 Å². The van der Waals surface area contributed by atoms with Crippen molar-refractivity contribution in [3.8, 4) is 0 Å². The van der Waals surface area contributed by atoms with Crippen LogP contribution in [-0.2, 0) is 24.3 Å². The lowest BCUT2D eigenvalue weighted by Gasteiger charge is -1.93. The molecule has 0 aliphatic rings. The molecule has 0 fully saturated rings. The average Bonchev–Trinajstić information content (AvgIpc) is 1.67. The lowest BCUT2D eigenvalue weighted by atomic mass is 10.8. The van der Waals surface area contributed by atoms with Crippen LogP contribution in [0.1, 0.15) is 0 Å². The molecule has 1 unspecified atom stereocenters. The second kappa shape index (κ2) is 3.13. The van der Waals surface area contributed by atoms with Crippen molar-refractivity contribution in [2.24, 2.45) is 0 Å². The molecule has 0 aromatic carbocycles. The lowest BCUT2D eigenvalue weighted by molar-refractivity contribution is -0.124. The first kappa shape index (κ1) is 8.03. The normalized spacial score (nSPS) is 17.1. The molecule has 0 rings (SSSR count). The van der Waals surface area contributed by atoms with E-state index >= 15 is 0 Å². The van der Waals surface area contributed by atoms with E-state index < -0.39 is 8.77 Å². The summed E-state index contributed by atoms with van der Waals surface area (Å²) in [4.78, 5) is 0. The molecule has 5 heteroatoms. The standard InChI is InChI=1S/C3H6O3S2/c1-2-3-8(5,7)6-4/h2,4H,1,3H2. The fourth-order valence-corrected chi connectivity index (χ4v) is 0.813. The van der Waals surface area contributed by atoms with E-state index in [0.29, 0.717) is 0 Å². The van der Waals surface area contributed by atoms with E-state index in [1.54, 1.807) is 0 Å². The Morgan fingerprint density at radius 1 is 2.00 bits per heavy atom. The molecular formula is C3H6O3S2. The summed E-state index contributed by atoms with van der Waals surface area (Å²) in [7, 11) is -2.90. The van der Waals surface area contributed by atoms with Gasteiger partial charge in [-0.1, -0.05) is 6.08 Å². The molecular weight excluding hydrogens is 148 g/mol. The van der Waals surface area contributed by atoms with E-state index in [1.807, 2.05) is 0 Å². The molecule has 48 valence electrons. The highest BCUT2D eigenvalue weighted by atomic mass is 32.8. The minimum atomic E-state index is -2.90. The maximum Gasteiger partial charge on any atom is 0.177 e. The summed E-state index contributed by atoms with van der Waals surface area (Å²) >= 11 is 4.23. The van der Waals surface area contributed by atoms with Crippen molar-refractivity contribution < 1.29 is 13.8 Å². The molecule has 0 spiro atoms. The second-order valence-corrected chi connectivity index (χ2v) is 4.21. The van der Waals surface area contributed by atoms with Crippen molar-refractivity contribution in [1.29, 1.82) is 0 Å². The Labute approximate surface area is 52.8 Å². The van der Waals surface area contributed by atoms with Gasteiger partial charge in [0.05, 0.1) is 5.75 Å². The Kier molecular flexibility index (Phi) is 3.15. The third kappa shape index (κ3) is 3.09. The smallest absolute Gasteiger partial charge is 0.177 e. The molecule has 0 heterocycles. The number of hydrogen-bond donors (Lipinski definition) is 1. The minimum Gasteiger partial charge on any atom is -0.237 e. The van der Waals surface area contributed by atoms with Crippen molar-refractivity contribution in [2.75, 3.05) is 5.75 Å². The Hall–Kier alpha value is 0.0300. The predicted octanol–water partition coefficient (Wildman–Crippen LogP) is 0.323. The first-order valence-electron chi connectivity index (χ1n) is 1.79. The largest absolute Gasteiger partial charge is 0.237 e. The summed E-state index contributed by atoms with van der Waals surface area (Å²) in [5.74, 6) is -0.00116. The van der Waals surface area contributed by atoms with Crippen LogP contribution in [0.25, 0.3) is 0 Å². The molecule has 0 saturated carbocycles. The van der Waals surface area contributed by atoms with Crippen LogP contribution in [0.3, 0.4) is 0 Å². The van der Waals surface area contributed by atoms with Gasteiger partial charge < -0.3 is 0 Å².